The monoisotopic (exact) mass is 240 g/mol. The van der Waals surface area contributed by atoms with Crippen LogP contribution >= 0.6 is 0 Å². The van der Waals surface area contributed by atoms with Crippen molar-refractivity contribution < 1.29 is 97.8 Å². The first-order valence-electron chi connectivity index (χ1n) is 4.22. The van der Waals surface area contributed by atoms with Crippen LogP contribution in [0.1, 0.15) is 39.5 Å². The van der Waals surface area contributed by atoms with E-state index in [1.807, 2.05) is 0 Å². The van der Waals surface area contributed by atoms with Crippen molar-refractivity contribution >= 4 is 11.9 Å². The zero-order valence-electron chi connectivity index (χ0n) is 11.0. The fraction of sp³-hybridized carbons (Fsp3) is 0.667. The summed E-state index contributed by atoms with van der Waals surface area (Å²) >= 11 is 0. The van der Waals surface area contributed by atoms with Gasteiger partial charge >= 0.3 is 78.0 Å². The zero-order chi connectivity index (χ0) is 10.7. The molecule has 0 saturated carbocycles. The number of carbonyl (C=O) groups excluding carboxylic acids is 2. The Bertz CT molecular complexity index is 140. The van der Waals surface area contributed by atoms with E-state index in [0.717, 1.165) is 0 Å². The Hall–Kier alpha value is 1.54. The molecule has 0 aliphatic heterocycles. The van der Waals surface area contributed by atoms with Gasteiger partial charge in [-0.3, -0.25) is 0 Å². The molecule has 0 fully saturated rings. The Labute approximate surface area is 154 Å². The van der Waals surface area contributed by atoms with Crippen molar-refractivity contribution in [3.05, 3.63) is 6.42 Å². The normalized spacial score (nSPS) is 6.88. The molecular weight excluding hydrogens is 225 g/mol. The van der Waals surface area contributed by atoms with E-state index in [1.54, 1.807) is 0 Å². The van der Waals surface area contributed by atoms with Crippen LogP contribution in [0.3, 0.4) is 0 Å². The molecule has 0 aliphatic rings. The van der Waals surface area contributed by atoms with Gasteiger partial charge in [0, 0.05) is 18.4 Å². The molecule has 4 nitrogen and oxygen atoms in total. The molecule has 0 aromatic heterocycles. The van der Waals surface area contributed by atoms with Crippen molar-refractivity contribution in [2.75, 3.05) is 0 Å². The Morgan fingerprint density at radius 1 is 1.12 bits per heavy atom. The number of carboxylic acid groups (broad SMARTS) is 2. The second-order valence-corrected chi connectivity index (χ2v) is 2.47. The Kier molecular flexibility index (Phi) is 48.4. The minimum Gasteiger partial charge on any atom is -0.550 e. The van der Waals surface area contributed by atoms with Gasteiger partial charge in [0.05, 0.1) is 0 Å². The zero-order valence-corrected chi connectivity index (χ0v) is 15.0. The van der Waals surface area contributed by atoms with E-state index in [4.69, 9.17) is 0 Å². The van der Waals surface area contributed by atoms with E-state index in [0.29, 0.717) is 0 Å². The van der Waals surface area contributed by atoms with Gasteiger partial charge in [-0.25, -0.2) is 0 Å². The minimum absolute atomic E-state index is 0. The molecule has 0 aromatic carbocycles. The summed E-state index contributed by atoms with van der Waals surface area (Å²) < 4.78 is 0. The molecule has 0 unspecified atom stereocenters. The summed E-state index contributed by atoms with van der Waals surface area (Å²) in [5.41, 5.74) is 0. The molecule has 0 saturated heterocycles. The summed E-state index contributed by atoms with van der Waals surface area (Å²) in [5.74, 6) is -3.25. The fourth-order valence-electron chi connectivity index (χ4n) is 0.526. The molecule has 0 aliphatic carbocycles. The first-order chi connectivity index (χ1) is 6.04. The average Bonchev–Trinajstić information content (AvgIpc) is 1.99. The van der Waals surface area contributed by atoms with E-state index >= 15 is 0 Å². The summed E-state index contributed by atoms with van der Waals surface area (Å²) in [6.07, 6.45) is 5.15. The van der Waals surface area contributed by atoms with Crippen molar-refractivity contribution in [3.8, 4) is 0 Å². The minimum atomic E-state index is -1.63. The summed E-state index contributed by atoms with van der Waals surface area (Å²) in [4.78, 5) is 18.6. The Balaban J connectivity index is -0.0000000428. The molecule has 0 rings (SSSR count). The quantitative estimate of drug-likeness (QED) is 0.207. The molecule has 78 valence electrons. The van der Waals surface area contributed by atoms with Crippen LogP contribution in [-0.2, 0) is 9.59 Å². The molecule has 0 bridgehead atoms. The van der Waals surface area contributed by atoms with E-state index in [2.05, 4.69) is 20.3 Å². The van der Waals surface area contributed by atoms with Crippen LogP contribution in [0.5, 0.6) is 0 Å². The van der Waals surface area contributed by atoms with E-state index in [-0.39, 0.29) is 78.0 Å². The van der Waals surface area contributed by atoms with Gasteiger partial charge in [0.15, 0.2) is 0 Å². The molecule has 7 heteroatoms. The molecule has 0 heterocycles. The van der Waals surface area contributed by atoms with Crippen LogP contribution in [0.15, 0.2) is 0 Å². The second-order valence-electron chi connectivity index (χ2n) is 2.47. The van der Waals surface area contributed by atoms with Crippen LogP contribution in [0.4, 0.5) is 0 Å². The maximum absolute atomic E-state index is 9.28. The molecule has 0 N–H and O–H groups in total. The van der Waals surface area contributed by atoms with Gasteiger partial charge in [0.25, 0.3) is 0 Å². The molecule has 0 atom stereocenters. The fourth-order valence-corrected chi connectivity index (χ4v) is 0.526. The van der Waals surface area contributed by atoms with Gasteiger partial charge in [-0.1, -0.05) is 19.8 Å². The number of carbonyl (C=O) groups is 2. The second kappa shape index (κ2) is 25.4. The number of hydrogen-bond acceptors (Lipinski definition) is 4. The molecule has 0 radical (unpaired) electrons. The van der Waals surface area contributed by atoms with Crippen molar-refractivity contribution in [2.45, 2.75) is 39.5 Å². The summed E-state index contributed by atoms with van der Waals surface area (Å²) in [6, 6.07) is 0. The van der Waals surface area contributed by atoms with Crippen molar-refractivity contribution in [1.29, 1.82) is 0 Å². The van der Waals surface area contributed by atoms with Gasteiger partial charge in [-0.05, 0) is 0 Å². The predicted octanol–water partition coefficient (Wildman–Crippen LogP) is -9.71. The molecule has 0 aromatic rings. The molecule has 0 amide bonds. The van der Waals surface area contributed by atoms with Crippen LogP contribution in [0.25, 0.3) is 0 Å². The third-order valence-electron chi connectivity index (χ3n) is 1.14. The largest absolute Gasteiger partial charge is 1.00 e. The first kappa shape index (κ1) is 30.5. The topological polar surface area (TPSA) is 80.3 Å². The first-order valence-corrected chi connectivity index (χ1v) is 4.22. The molecular formula is C9H15LiNa2O4. The SMILES string of the molecule is C[CH-]CCCC.O=C([O-])CC(=O)[O-].[Li+].[Na+].[Na+]. The van der Waals surface area contributed by atoms with Crippen molar-refractivity contribution in [2.24, 2.45) is 0 Å². The van der Waals surface area contributed by atoms with Gasteiger partial charge in [0.1, 0.15) is 0 Å². The Morgan fingerprint density at radius 2 is 1.50 bits per heavy atom. The predicted molar refractivity (Wildman–Crippen MR) is 44.1 cm³/mol. The van der Waals surface area contributed by atoms with Gasteiger partial charge in [-0.2, -0.15) is 13.3 Å². The van der Waals surface area contributed by atoms with Crippen LogP contribution in [0, 0.1) is 6.42 Å². The van der Waals surface area contributed by atoms with E-state index in [9.17, 15) is 19.8 Å². The smallest absolute Gasteiger partial charge is 0.550 e. The number of hydrogen-bond donors (Lipinski definition) is 0. The molecule has 16 heavy (non-hydrogen) atoms. The third-order valence-corrected chi connectivity index (χ3v) is 1.14. The van der Waals surface area contributed by atoms with Gasteiger partial charge < -0.3 is 26.2 Å². The van der Waals surface area contributed by atoms with Crippen molar-refractivity contribution in [3.63, 3.8) is 0 Å². The summed E-state index contributed by atoms with van der Waals surface area (Å²) in [7, 11) is 0. The summed E-state index contributed by atoms with van der Waals surface area (Å²) in [5, 5.41) is 18.6. The standard InChI is InChI=1S/C6H13.C3H4O4.Li.2Na/c1-3-5-6-4-2;4-2(5)1-3(6)7;;;/h3H,4-6H2,1-2H3;1H2,(H,4,5)(H,6,7);;;/q-1;;3*+1/p-2. The van der Waals surface area contributed by atoms with Crippen LogP contribution < -0.4 is 88.2 Å². The Morgan fingerprint density at radius 3 is 1.56 bits per heavy atom. The number of unbranched alkanes of at least 4 members (excludes halogenated alkanes) is 3. The summed E-state index contributed by atoms with van der Waals surface area (Å²) in [6.45, 7) is 4.32. The van der Waals surface area contributed by atoms with Crippen molar-refractivity contribution in [1.82, 2.24) is 0 Å². The van der Waals surface area contributed by atoms with E-state index in [1.165, 1.54) is 19.3 Å². The maximum atomic E-state index is 9.28. The van der Waals surface area contributed by atoms with Crippen LogP contribution in [-0.4, -0.2) is 11.9 Å². The van der Waals surface area contributed by atoms with E-state index < -0.39 is 18.4 Å². The molecule has 0 spiro atoms. The third kappa shape index (κ3) is 45.1. The number of carboxylic acids is 2. The van der Waals surface area contributed by atoms with Crippen LogP contribution in [0.2, 0.25) is 0 Å². The van der Waals surface area contributed by atoms with Gasteiger partial charge in [-0.15, -0.1) is 0 Å². The number of aliphatic carboxylic acids is 2. The maximum Gasteiger partial charge on any atom is 1.00 e. The average molecular weight is 240 g/mol. The number of rotatable bonds is 5. The van der Waals surface area contributed by atoms with Gasteiger partial charge in [0.2, 0.25) is 0 Å².